The lowest BCUT2D eigenvalue weighted by atomic mass is 10.0. The van der Waals surface area contributed by atoms with Crippen LogP contribution in [0.2, 0.25) is 0 Å². The number of hydrogen-bond acceptors (Lipinski definition) is 1. The molecule has 0 spiro atoms. The summed E-state index contributed by atoms with van der Waals surface area (Å²) in [5, 5.41) is 0. The molecule has 0 radical (unpaired) electrons. The minimum absolute atomic E-state index is 0.716. The molecule has 0 atom stereocenters. The molecule has 0 bridgehead atoms. The molecule has 0 amide bonds. The van der Waals surface area contributed by atoms with Gasteiger partial charge in [0.25, 0.3) is 0 Å². The van der Waals surface area contributed by atoms with Crippen molar-refractivity contribution in [3.05, 3.63) is 70.8 Å². The molecule has 0 aliphatic rings. The highest BCUT2D eigenvalue weighted by molar-refractivity contribution is 5.28. The fourth-order valence-corrected chi connectivity index (χ4v) is 3.64. The summed E-state index contributed by atoms with van der Waals surface area (Å²) in [6.07, 6.45) is 12.8. The van der Waals surface area contributed by atoms with Crippen molar-refractivity contribution in [3.8, 4) is 0 Å². The highest BCUT2D eigenvalue weighted by atomic mass is 16.5. The first-order valence-electron chi connectivity index (χ1n) is 11.1. The second-order valence-corrected chi connectivity index (χ2v) is 7.65. The van der Waals surface area contributed by atoms with Gasteiger partial charge >= 0.3 is 0 Å². The molecule has 148 valence electrons. The van der Waals surface area contributed by atoms with Crippen LogP contribution in [0, 0.1) is 0 Å². The Balaban J connectivity index is 1.84. The SMILES string of the molecule is CCCCCCc1ccccc1COCc1ccccc1CCCCCC. The molecule has 2 aromatic rings. The Morgan fingerprint density at radius 1 is 0.519 bits per heavy atom. The Hall–Kier alpha value is -1.60. The molecule has 1 nitrogen and oxygen atoms in total. The Morgan fingerprint density at radius 2 is 0.926 bits per heavy atom. The summed E-state index contributed by atoms with van der Waals surface area (Å²) in [7, 11) is 0. The van der Waals surface area contributed by atoms with E-state index >= 15 is 0 Å². The maximum atomic E-state index is 6.14. The molecule has 1 heteroatoms. The van der Waals surface area contributed by atoms with E-state index in [9.17, 15) is 0 Å². The molecule has 0 saturated carbocycles. The first-order valence-corrected chi connectivity index (χ1v) is 11.1. The van der Waals surface area contributed by atoms with Gasteiger partial charge in [0.1, 0.15) is 0 Å². The lowest BCUT2D eigenvalue weighted by Crippen LogP contribution is -2.01. The van der Waals surface area contributed by atoms with Crippen LogP contribution in [0.1, 0.15) is 87.5 Å². The largest absolute Gasteiger partial charge is 0.372 e. The topological polar surface area (TPSA) is 9.23 Å². The summed E-state index contributed by atoms with van der Waals surface area (Å²) in [5.74, 6) is 0. The van der Waals surface area contributed by atoms with Crippen LogP contribution >= 0.6 is 0 Å². The fraction of sp³-hybridized carbons (Fsp3) is 0.538. The van der Waals surface area contributed by atoms with Crippen LogP contribution in [0.25, 0.3) is 0 Å². The average molecular weight is 367 g/mol. The van der Waals surface area contributed by atoms with Gasteiger partial charge in [0.15, 0.2) is 0 Å². The van der Waals surface area contributed by atoms with E-state index in [1.807, 2.05) is 0 Å². The number of hydrogen-bond donors (Lipinski definition) is 0. The molecule has 0 fully saturated rings. The van der Waals surface area contributed by atoms with Gasteiger partial charge in [-0.1, -0.05) is 101 Å². The van der Waals surface area contributed by atoms with E-state index in [0.29, 0.717) is 13.2 Å². The maximum Gasteiger partial charge on any atom is 0.0724 e. The van der Waals surface area contributed by atoms with E-state index in [0.717, 1.165) is 0 Å². The molecule has 0 aliphatic carbocycles. The van der Waals surface area contributed by atoms with Gasteiger partial charge in [0.05, 0.1) is 13.2 Å². The van der Waals surface area contributed by atoms with E-state index in [-0.39, 0.29) is 0 Å². The van der Waals surface area contributed by atoms with Crippen LogP contribution in [0.4, 0.5) is 0 Å². The standard InChI is InChI=1S/C26H38O/c1-3-5-7-9-15-23-17-11-13-19-25(23)21-27-22-26-20-14-12-18-24(26)16-10-8-6-4-2/h11-14,17-20H,3-10,15-16,21-22H2,1-2H3. The number of unbranched alkanes of at least 4 members (excludes halogenated alkanes) is 6. The highest BCUT2D eigenvalue weighted by Crippen LogP contribution is 2.18. The zero-order chi connectivity index (χ0) is 19.2. The van der Waals surface area contributed by atoms with E-state index in [1.54, 1.807) is 0 Å². The molecule has 2 rings (SSSR count). The third-order valence-electron chi connectivity index (χ3n) is 5.35. The Labute approximate surface area is 167 Å². The summed E-state index contributed by atoms with van der Waals surface area (Å²) < 4.78 is 6.14. The van der Waals surface area contributed by atoms with Crippen molar-refractivity contribution in [2.24, 2.45) is 0 Å². The molecule has 0 aliphatic heterocycles. The molecular formula is C26H38O. The van der Waals surface area contributed by atoms with Crippen molar-refractivity contribution in [1.82, 2.24) is 0 Å². The first-order chi connectivity index (χ1) is 13.3. The van der Waals surface area contributed by atoms with Crippen LogP contribution in [0.3, 0.4) is 0 Å². The lowest BCUT2D eigenvalue weighted by Gasteiger charge is -2.13. The number of rotatable bonds is 14. The smallest absolute Gasteiger partial charge is 0.0724 e. The predicted molar refractivity (Wildman–Crippen MR) is 117 cm³/mol. The lowest BCUT2D eigenvalue weighted by molar-refractivity contribution is 0.106. The minimum Gasteiger partial charge on any atom is -0.372 e. The normalized spacial score (nSPS) is 11.0. The third kappa shape index (κ3) is 8.30. The predicted octanol–water partition coefficient (Wildman–Crippen LogP) is 7.65. The van der Waals surface area contributed by atoms with E-state index in [2.05, 4.69) is 62.4 Å². The van der Waals surface area contributed by atoms with E-state index in [4.69, 9.17) is 4.74 Å². The minimum atomic E-state index is 0.716. The van der Waals surface area contributed by atoms with Gasteiger partial charge in [0.2, 0.25) is 0 Å². The Bertz CT molecular complexity index is 576. The molecular weight excluding hydrogens is 328 g/mol. The molecule has 0 saturated heterocycles. The van der Waals surface area contributed by atoms with Crippen molar-refractivity contribution in [1.29, 1.82) is 0 Å². The summed E-state index contributed by atoms with van der Waals surface area (Å²) >= 11 is 0. The van der Waals surface area contributed by atoms with Crippen molar-refractivity contribution >= 4 is 0 Å². The van der Waals surface area contributed by atoms with Crippen LogP contribution < -0.4 is 0 Å². The first kappa shape index (κ1) is 21.7. The van der Waals surface area contributed by atoms with Crippen molar-refractivity contribution in [2.75, 3.05) is 0 Å². The summed E-state index contributed by atoms with van der Waals surface area (Å²) in [6.45, 7) is 5.97. The van der Waals surface area contributed by atoms with Gasteiger partial charge in [-0.15, -0.1) is 0 Å². The number of ether oxygens (including phenoxy) is 1. The molecule has 2 aromatic carbocycles. The van der Waals surface area contributed by atoms with E-state index < -0.39 is 0 Å². The molecule has 0 aromatic heterocycles. The fourth-order valence-electron chi connectivity index (χ4n) is 3.64. The summed E-state index contributed by atoms with van der Waals surface area (Å²) in [5.41, 5.74) is 5.63. The molecule has 27 heavy (non-hydrogen) atoms. The van der Waals surface area contributed by atoms with E-state index in [1.165, 1.54) is 86.5 Å². The monoisotopic (exact) mass is 366 g/mol. The van der Waals surface area contributed by atoms with Gasteiger partial charge in [-0.2, -0.15) is 0 Å². The zero-order valence-electron chi connectivity index (χ0n) is 17.5. The van der Waals surface area contributed by atoms with Crippen molar-refractivity contribution in [3.63, 3.8) is 0 Å². The quantitative estimate of drug-likeness (QED) is 0.312. The third-order valence-corrected chi connectivity index (χ3v) is 5.35. The summed E-state index contributed by atoms with van der Waals surface area (Å²) in [4.78, 5) is 0. The van der Waals surface area contributed by atoms with Gasteiger partial charge < -0.3 is 4.74 Å². The summed E-state index contributed by atoms with van der Waals surface area (Å²) in [6, 6.07) is 17.6. The van der Waals surface area contributed by atoms with Crippen LogP contribution in [0.5, 0.6) is 0 Å². The van der Waals surface area contributed by atoms with Crippen molar-refractivity contribution in [2.45, 2.75) is 91.3 Å². The van der Waals surface area contributed by atoms with Gasteiger partial charge in [0, 0.05) is 0 Å². The second kappa shape index (κ2) is 13.6. The molecule has 0 N–H and O–H groups in total. The number of benzene rings is 2. The Kier molecular flexibility index (Phi) is 10.9. The van der Waals surface area contributed by atoms with Crippen LogP contribution in [0.15, 0.2) is 48.5 Å². The van der Waals surface area contributed by atoms with Crippen molar-refractivity contribution < 1.29 is 4.74 Å². The van der Waals surface area contributed by atoms with Gasteiger partial charge in [-0.05, 0) is 47.9 Å². The molecule has 0 heterocycles. The maximum absolute atomic E-state index is 6.14. The average Bonchev–Trinajstić information content (AvgIpc) is 2.70. The van der Waals surface area contributed by atoms with Crippen LogP contribution in [-0.4, -0.2) is 0 Å². The highest BCUT2D eigenvalue weighted by Gasteiger charge is 2.05. The zero-order valence-corrected chi connectivity index (χ0v) is 17.5. The van der Waals surface area contributed by atoms with Gasteiger partial charge in [-0.3, -0.25) is 0 Å². The second-order valence-electron chi connectivity index (χ2n) is 7.65. The number of aryl methyl sites for hydroxylation is 2. The van der Waals surface area contributed by atoms with Gasteiger partial charge in [-0.25, -0.2) is 0 Å². The Morgan fingerprint density at radius 3 is 1.33 bits per heavy atom. The van der Waals surface area contributed by atoms with Crippen LogP contribution in [-0.2, 0) is 30.8 Å². The molecule has 0 unspecified atom stereocenters.